The van der Waals surface area contributed by atoms with Gasteiger partial charge >= 0.3 is 23.9 Å². The molecule has 2 aliphatic rings. The van der Waals surface area contributed by atoms with Crippen molar-refractivity contribution in [3.05, 3.63) is 47.5 Å². The van der Waals surface area contributed by atoms with Crippen LogP contribution in [0.1, 0.15) is 39.2 Å². The minimum atomic E-state index is -3.68. The van der Waals surface area contributed by atoms with Crippen LogP contribution in [-0.4, -0.2) is 97.9 Å². The van der Waals surface area contributed by atoms with Gasteiger partial charge in [0.1, 0.15) is 18.3 Å². The van der Waals surface area contributed by atoms with E-state index in [9.17, 15) is 44.7 Å². The SMILES string of the molecule is CC=C(CCC12OC(C(=O)O)C(O)(C(=O)O)C(C(=O)O)(O1)C(OC)C2O)C(OC(C)=O)C(C)Cc1ccccc1. The number of hydrogen-bond acceptors (Lipinski definition) is 10. The minimum Gasteiger partial charge on any atom is -0.479 e. The van der Waals surface area contributed by atoms with Crippen molar-refractivity contribution < 1.29 is 63.7 Å². The van der Waals surface area contributed by atoms with Gasteiger partial charge in [-0.2, -0.15) is 0 Å². The molecule has 5 N–H and O–H groups in total. The molecule has 8 atom stereocenters. The smallest absolute Gasteiger partial charge is 0.343 e. The molecule has 3 rings (SSSR count). The highest BCUT2D eigenvalue weighted by molar-refractivity contribution is 5.97. The fourth-order valence-electron chi connectivity index (χ4n) is 5.69. The average molecular weight is 567 g/mol. The van der Waals surface area contributed by atoms with Crippen LogP contribution in [0.5, 0.6) is 0 Å². The molecule has 2 aliphatic heterocycles. The van der Waals surface area contributed by atoms with E-state index in [4.69, 9.17) is 18.9 Å². The van der Waals surface area contributed by atoms with Gasteiger partial charge in [-0.05, 0) is 30.9 Å². The summed E-state index contributed by atoms with van der Waals surface area (Å²) < 4.78 is 21.8. The van der Waals surface area contributed by atoms with Crippen LogP contribution in [0, 0.1) is 5.92 Å². The molecule has 1 aromatic carbocycles. The summed E-state index contributed by atoms with van der Waals surface area (Å²) in [5.74, 6) is -9.54. The van der Waals surface area contributed by atoms with E-state index >= 15 is 0 Å². The number of carboxylic acid groups (broad SMARTS) is 3. The Labute approximate surface area is 229 Å². The number of fused-ring (bicyclic) bond motifs is 2. The first-order valence-corrected chi connectivity index (χ1v) is 12.6. The van der Waals surface area contributed by atoms with E-state index in [0.717, 1.165) is 12.7 Å². The van der Waals surface area contributed by atoms with Gasteiger partial charge in [0, 0.05) is 26.4 Å². The minimum absolute atomic E-state index is 0.0609. The Morgan fingerprint density at radius 1 is 1.10 bits per heavy atom. The largest absolute Gasteiger partial charge is 0.479 e. The van der Waals surface area contributed by atoms with E-state index < -0.39 is 71.7 Å². The van der Waals surface area contributed by atoms with Crippen LogP contribution in [0.25, 0.3) is 0 Å². The van der Waals surface area contributed by atoms with Gasteiger partial charge in [0.15, 0.2) is 5.79 Å². The average Bonchev–Trinajstić information content (AvgIpc) is 3.12. The lowest BCUT2D eigenvalue weighted by atomic mass is 9.74. The Morgan fingerprint density at radius 3 is 2.20 bits per heavy atom. The predicted molar refractivity (Wildman–Crippen MR) is 134 cm³/mol. The lowest BCUT2D eigenvalue weighted by Crippen LogP contribution is -2.78. The van der Waals surface area contributed by atoms with Gasteiger partial charge in [-0.3, -0.25) is 4.79 Å². The number of methoxy groups -OCH3 is 1. The maximum absolute atomic E-state index is 12.5. The molecule has 0 aliphatic carbocycles. The van der Waals surface area contributed by atoms with Crippen LogP contribution in [0.15, 0.2) is 42.0 Å². The number of carbonyl (C=O) groups is 4. The van der Waals surface area contributed by atoms with Gasteiger partial charge in [0.2, 0.25) is 17.3 Å². The standard InChI is InChI=1S/C27H34O13/c1-5-17(18(38-15(3)28)14(2)13-16-9-7-6-8-10-16)11-12-25-19(29)20(37-4)27(40-25,24(34)35)26(36,23(32)33)21(39-25)22(30)31/h5-10,14,18-21,29,36H,11-13H2,1-4H3,(H,30,31)(H,32,33)(H,34,35). The van der Waals surface area contributed by atoms with Crippen molar-refractivity contribution in [2.24, 2.45) is 5.92 Å². The summed E-state index contributed by atoms with van der Waals surface area (Å²) in [6.45, 7) is 4.79. The predicted octanol–water partition coefficient (Wildman–Crippen LogP) is 0.748. The number of carbonyl (C=O) groups excluding carboxylic acids is 1. The summed E-state index contributed by atoms with van der Waals surface area (Å²) in [4.78, 5) is 48.8. The second-order valence-electron chi connectivity index (χ2n) is 10.0. The van der Waals surface area contributed by atoms with Crippen LogP contribution in [0.4, 0.5) is 0 Å². The van der Waals surface area contributed by atoms with Gasteiger partial charge in [-0.15, -0.1) is 0 Å². The number of rotatable bonds is 12. The number of aliphatic hydroxyl groups is 2. The number of carboxylic acids is 3. The monoisotopic (exact) mass is 566 g/mol. The Morgan fingerprint density at radius 2 is 1.73 bits per heavy atom. The molecule has 0 spiro atoms. The summed E-state index contributed by atoms with van der Waals surface area (Å²) in [6.07, 6.45) is -5.77. The van der Waals surface area contributed by atoms with E-state index in [1.54, 1.807) is 13.0 Å². The van der Waals surface area contributed by atoms with Crippen LogP contribution in [0.2, 0.25) is 0 Å². The Kier molecular flexibility index (Phi) is 9.06. The van der Waals surface area contributed by atoms with Crippen LogP contribution in [0.3, 0.4) is 0 Å². The zero-order valence-electron chi connectivity index (χ0n) is 22.5. The van der Waals surface area contributed by atoms with Crippen LogP contribution < -0.4 is 0 Å². The van der Waals surface area contributed by atoms with Crippen LogP contribution >= 0.6 is 0 Å². The molecule has 0 radical (unpaired) electrons. The summed E-state index contributed by atoms with van der Waals surface area (Å²) >= 11 is 0. The highest BCUT2D eigenvalue weighted by atomic mass is 16.8. The van der Waals surface area contributed by atoms with Gasteiger partial charge in [0.25, 0.3) is 0 Å². The molecule has 2 fully saturated rings. The van der Waals surface area contributed by atoms with Crippen molar-refractivity contribution >= 4 is 23.9 Å². The number of esters is 1. The Bertz CT molecular complexity index is 1170. The zero-order valence-corrected chi connectivity index (χ0v) is 22.5. The van der Waals surface area contributed by atoms with E-state index in [-0.39, 0.29) is 12.3 Å². The molecular formula is C27H34O13. The highest BCUT2D eigenvalue weighted by Gasteiger charge is 2.85. The van der Waals surface area contributed by atoms with Crippen molar-refractivity contribution in [1.29, 1.82) is 0 Å². The first-order chi connectivity index (χ1) is 18.7. The number of aliphatic hydroxyl groups excluding tert-OH is 1. The van der Waals surface area contributed by atoms with Gasteiger partial charge in [0.05, 0.1) is 0 Å². The molecule has 0 saturated carbocycles. The quantitative estimate of drug-likeness (QED) is 0.175. The van der Waals surface area contributed by atoms with Gasteiger partial charge in [-0.25, -0.2) is 14.4 Å². The van der Waals surface area contributed by atoms with E-state index in [1.807, 2.05) is 37.3 Å². The topological polar surface area (TPSA) is 206 Å². The molecule has 2 saturated heterocycles. The third kappa shape index (κ3) is 4.99. The highest BCUT2D eigenvalue weighted by Crippen LogP contribution is 2.55. The number of hydrogen-bond donors (Lipinski definition) is 5. The number of aliphatic carboxylic acids is 3. The third-order valence-corrected chi connectivity index (χ3v) is 7.57. The van der Waals surface area contributed by atoms with Gasteiger partial charge in [-0.1, -0.05) is 43.3 Å². The number of benzene rings is 1. The zero-order chi connectivity index (χ0) is 30.0. The lowest BCUT2D eigenvalue weighted by Gasteiger charge is -2.48. The van der Waals surface area contributed by atoms with Crippen molar-refractivity contribution in [3.63, 3.8) is 0 Å². The second kappa shape index (κ2) is 11.6. The first-order valence-electron chi connectivity index (χ1n) is 12.6. The molecule has 2 heterocycles. The molecule has 220 valence electrons. The van der Waals surface area contributed by atoms with Crippen molar-refractivity contribution in [1.82, 2.24) is 0 Å². The maximum atomic E-state index is 12.5. The van der Waals surface area contributed by atoms with E-state index in [1.165, 1.54) is 6.92 Å². The molecule has 0 amide bonds. The molecule has 13 heteroatoms. The van der Waals surface area contributed by atoms with Crippen molar-refractivity contribution in [2.75, 3.05) is 7.11 Å². The first kappa shape index (κ1) is 31.2. The maximum Gasteiger partial charge on any atom is 0.343 e. The summed E-state index contributed by atoms with van der Waals surface area (Å²) in [5, 5.41) is 51.9. The molecule has 13 nitrogen and oxygen atoms in total. The normalized spacial score (nSPS) is 33.1. The number of allylic oxidation sites excluding steroid dienone is 1. The molecule has 0 aromatic heterocycles. The fourth-order valence-corrected chi connectivity index (χ4v) is 5.69. The van der Waals surface area contributed by atoms with E-state index in [2.05, 4.69) is 0 Å². The van der Waals surface area contributed by atoms with Gasteiger partial charge < -0.3 is 44.5 Å². The van der Waals surface area contributed by atoms with Crippen LogP contribution in [-0.2, 0) is 44.5 Å². The summed E-state index contributed by atoms with van der Waals surface area (Å²) in [6, 6.07) is 9.44. The third-order valence-electron chi connectivity index (χ3n) is 7.57. The number of ether oxygens (including phenoxy) is 4. The second-order valence-corrected chi connectivity index (χ2v) is 10.0. The molecule has 8 unspecified atom stereocenters. The van der Waals surface area contributed by atoms with Crippen molar-refractivity contribution in [2.45, 2.75) is 81.4 Å². The van der Waals surface area contributed by atoms with Crippen molar-refractivity contribution in [3.8, 4) is 0 Å². The summed E-state index contributed by atoms with van der Waals surface area (Å²) in [7, 11) is 0.952. The molecule has 1 aromatic rings. The Balaban J connectivity index is 2.00. The Hall–Kier alpha value is -3.36. The van der Waals surface area contributed by atoms with E-state index in [0.29, 0.717) is 12.0 Å². The molecular weight excluding hydrogens is 532 g/mol. The summed E-state index contributed by atoms with van der Waals surface area (Å²) in [5.41, 5.74) is -5.42. The lowest BCUT2D eigenvalue weighted by molar-refractivity contribution is -0.374. The molecule has 40 heavy (non-hydrogen) atoms. The fraction of sp³-hybridized carbons (Fsp3) is 0.556. The molecule has 2 bridgehead atoms.